The van der Waals surface area contributed by atoms with E-state index in [1.807, 2.05) is 31.2 Å². The summed E-state index contributed by atoms with van der Waals surface area (Å²) in [6.45, 7) is 4.32. The maximum atomic E-state index is 12.6. The highest BCUT2D eigenvalue weighted by Gasteiger charge is 2.17. The summed E-state index contributed by atoms with van der Waals surface area (Å²) in [6, 6.07) is 20.7. The quantitative estimate of drug-likeness (QED) is 0.537. The topological polar surface area (TPSA) is 84.5 Å². The van der Waals surface area contributed by atoms with E-state index in [0.29, 0.717) is 30.0 Å². The molecule has 0 spiro atoms. The molecule has 0 aliphatic rings. The van der Waals surface area contributed by atoms with Gasteiger partial charge in [0.15, 0.2) is 0 Å². The van der Waals surface area contributed by atoms with Gasteiger partial charge in [-0.3, -0.25) is 9.52 Å². The van der Waals surface area contributed by atoms with E-state index in [2.05, 4.69) is 10.0 Å². The molecule has 0 unspecified atom stereocenters. The summed E-state index contributed by atoms with van der Waals surface area (Å²) in [6.07, 6.45) is 0. The summed E-state index contributed by atoms with van der Waals surface area (Å²) < 4.78 is 33.4. The highest BCUT2D eigenvalue weighted by atomic mass is 32.2. The molecule has 0 aliphatic heterocycles. The molecule has 0 fully saturated rings. The number of aryl methyl sites for hydroxylation is 1. The molecule has 3 rings (SSSR count). The van der Waals surface area contributed by atoms with Crippen molar-refractivity contribution in [1.82, 2.24) is 5.32 Å². The fourth-order valence-corrected chi connectivity index (χ4v) is 4.08. The van der Waals surface area contributed by atoms with Gasteiger partial charge in [0.2, 0.25) is 0 Å². The minimum atomic E-state index is -3.74. The van der Waals surface area contributed by atoms with Crippen LogP contribution >= 0.6 is 0 Å². The molecule has 7 heteroatoms. The number of carbonyl (C=O) groups is 1. The Morgan fingerprint density at radius 3 is 2.33 bits per heavy atom. The van der Waals surface area contributed by atoms with Crippen molar-refractivity contribution in [2.75, 3.05) is 17.9 Å². The van der Waals surface area contributed by atoms with Gasteiger partial charge in [-0.05, 0) is 55.3 Å². The summed E-state index contributed by atoms with van der Waals surface area (Å²) in [5.41, 5.74) is 2.34. The van der Waals surface area contributed by atoms with Crippen LogP contribution in [0, 0.1) is 13.8 Å². The van der Waals surface area contributed by atoms with Crippen molar-refractivity contribution in [3.63, 3.8) is 0 Å². The number of carbonyl (C=O) groups excluding carboxylic acids is 1. The smallest absolute Gasteiger partial charge is 0.261 e. The number of para-hydroxylation sites is 1. The number of anilines is 1. The molecule has 30 heavy (non-hydrogen) atoms. The predicted molar refractivity (Wildman–Crippen MR) is 117 cm³/mol. The summed E-state index contributed by atoms with van der Waals surface area (Å²) in [5, 5.41) is 2.81. The summed E-state index contributed by atoms with van der Waals surface area (Å²) >= 11 is 0. The van der Waals surface area contributed by atoms with Gasteiger partial charge in [-0.25, -0.2) is 8.42 Å². The molecule has 0 saturated heterocycles. The molecule has 2 N–H and O–H groups in total. The van der Waals surface area contributed by atoms with Gasteiger partial charge in [-0.15, -0.1) is 0 Å². The van der Waals surface area contributed by atoms with E-state index in [9.17, 15) is 13.2 Å². The Hall–Kier alpha value is -3.32. The molecule has 0 saturated carbocycles. The lowest BCUT2D eigenvalue weighted by molar-refractivity contribution is 0.0946. The van der Waals surface area contributed by atoms with Crippen LogP contribution in [0.5, 0.6) is 5.75 Å². The van der Waals surface area contributed by atoms with Gasteiger partial charge < -0.3 is 10.1 Å². The van der Waals surface area contributed by atoms with E-state index in [1.54, 1.807) is 43.3 Å². The van der Waals surface area contributed by atoms with Crippen LogP contribution in [0.3, 0.4) is 0 Å². The Labute approximate surface area is 177 Å². The van der Waals surface area contributed by atoms with Gasteiger partial charge in [-0.1, -0.05) is 42.5 Å². The Balaban J connectivity index is 1.64. The van der Waals surface area contributed by atoms with Crippen molar-refractivity contribution in [3.8, 4) is 5.75 Å². The molecule has 6 nitrogen and oxygen atoms in total. The van der Waals surface area contributed by atoms with Gasteiger partial charge >= 0.3 is 0 Å². The minimum Gasteiger partial charge on any atom is -0.491 e. The largest absolute Gasteiger partial charge is 0.491 e. The number of amides is 1. The first-order chi connectivity index (χ1) is 14.4. The standard InChI is InChI=1S/C23H24N2O4S/c1-17-9-6-7-14-22(17)29-16-15-24-23(26)20-12-8-13-21(18(20)2)25-30(27,28)19-10-4-3-5-11-19/h3-14,25H,15-16H2,1-2H3,(H,24,26). The third-order valence-electron chi connectivity index (χ3n) is 4.62. The zero-order chi connectivity index (χ0) is 21.6. The zero-order valence-electron chi connectivity index (χ0n) is 16.9. The molecular weight excluding hydrogens is 400 g/mol. The molecule has 0 radical (unpaired) electrons. The average Bonchev–Trinajstić information content (AvgIpc) is 2.74. The third-order valence-corrected chi connectivity index (χ3v) is 6.00. The first kappa shape index (κ1) is 21.4. The molecule has 0 heterocycles. The molecule has 0 aromatic heterocycles. The molecule has 156 valence electrons. The Bertz CT molecular complexity index is 1130. The number of ether oxygens (including phenoxy) is 1. The lowest BCUT2D eigenvalue weighted by Gasteiger charge is -2.14. The zero-order valence-corrected chi connectivity index (χ0v) is 17.7. The highest BCUT2D eigenvalue weighted by molar-refractivity contribution is 7.92. The highest BCUT2D eigenvalue weighted by Crippen LogP contribution is 2.22. The van der Waals surface area contributed by atoms with E-state index in [-0.39, 0.29) is 10.8 Å². The maximum Gasteiger partial charge on any atom is 0.261 e. The Morgan fingerprint density at radius 1 is 0.900 bits per heavy atom. The van der Waals surface area contributed by atoms with Gasteiger partial charge in [0.05, 0.1) is 17.1 Å². The molecule has 0 aliphatic carbocycles. The van der Waals surface area contributed by atoms with Crippen LogP contribution in [0.4, 0.5) is 5.69 Å². The van der Waals surface area contributed by atoms with Crippen LogP contribution < -0.4 is 14.8 Å². The van der Waals surface area contributed by atoms with Crippen LogP contribution in [-0.2, 0) is 10.0 Å². The third kappa shape index (κ3) is 5.18. The van der Waals surface area contributed by atoms with Crippen molar-refractivity contribution in [1.29, 1.82) is 0 Å². The second-order valence-corrected chi connectivity index (χ2v) is 8.45. The Morgan fingerprint density at radius 2 is 1.60 bits per heavy atom. The molecule has 3 aromatic carbocycles. The van der Waals surface area contributed by atoms with Crippen LogP contribution in [0.25, 0.3) is 0 Å². The normalized spacial score (nSPS) is 11.0. The van der Waals surface area contributed by atoms with Gasteiger partial charge in [0.1, 0.15) is 12.4 Å². The van der Waals surface area contributed by atoms with E-state index in [0.717, 1.165) is 11.3 Å². The number of benzene rings is 3. The lowest BCUT2D eigenvalue weighted by atomic mass is 10.1. The average molecular weight is 425 g/mol. The first-order valence-corrected chi connectivity index (χ1v) is 11.0. The Kier molecular flexibility index (Phi) is 6.74. The summed E-state index contributed by atoms with van der Waals surface area (Å²) in [7, 11) is -3.74. The van der Waals surface area contributed by atoms with Gasteiger partial charge in [-0.2, -0.15) is 0 Å². The lowest BCUT2D eigenvalue weighted by Crippen LogP contribution is -2.29. The second-order valence-electron chi connectivity index (χ2n) is 6.77. The molecule has 1 amide bonds. The fraction of sp³-hybridized carbons (Fsp3) is 0.174. The molecule has 3 aromatic rings. The van der Waals surface area contributed by atoms with Crippen molar-refractivity contribution < 1.29 is 17.9 Å². The first-order valence-electron chi connectivity index (χ1n) is 9.52. The summed E-state index contributed by atoms with van der Waals surface area (Å²) in [4.78, 5) is 12.7. The second kappa shape index (κ2) is 9.45. The van der Waals surface area contributed by atoms with Crippen LogP contribution in [0.15, 0.2) is 77.7 Å². The van der Waals surface area contributed by atoms with Gasteiger partial charge in [0.25, 0.3) is 15.9 Å². The van der Waals surface area contributed by atoms with E-state index in [1.165, 1.54) is 12.1 Å². The monoisotopic (exact) mass is 424 g/mol. The van der Waals surface area contributed by atoms with E-state index < -0.39 is 10.0 Å². The van der Waals surface area contributed by atoms with Crippen molar-refractivity contribution in [3.05, 3.63) is 89.5 Å². The van der Waals surface area contributed by atoms with Crippen LogP contribution in [0.2, 0.25) is 0 Å². The van der Waals surface area contributed by atoms with Crippen molar-refractivity contribution >= 4 is 21.6 Å². The van der Waals surface area contributed by atoms with E-state index >= 15 is 0 Å². The molecule has 0 bridgehead atoms. The number of nitrogens with one attached hydrogen (secondary N) is 2. The van der Waals surface area contributed by atoms with Crippen molar-refractivity contribution in [2.24, 2.45) is 0 Å². The number of sulfonamides is 1. The number of hydrogen-bond acceptors (Lipinski definition) is 4. The molecular formula is C23H24N2O4S. The van der Waals surface area contributed by atoms with Crippen LogP contribution in [0.1, 0.15) is 21.5 Å². The number of hydrogen-bond donors (Lipinski definition) is 2. The molecule has 0 atom stereocenters. The van der Waals surface area contributed by atoms with E-state index in [4.69, 9.17) is 4.74 Å². The SMILES string of the molecule is Cc1ccccc1OCCNC(=O)c1cccc(NS(=O)(=O)c2ccccc2)c1C. The summed E-state index contributed by atoms with van der Waals surface area (Å²) in [5.74, 6) is 0.488. The fourth-order valence-electron chi connectivity index (χ4n) is 2.93. The van der Waals surface area contributed by atoms with Gasteiger partial charge in [0, 0.05) is 5.56 Å². The predicted octanol–water partition coefficient (Wildman–Crippen LogP) is 3.91. The number of rotatable bonds is 8. The maximum absolute atomic E-state index is 12.6. The minimum absolute atomic E-state index is 0.160. The van der Waals surface area contributed by atoms with Crippen LogP contribution in [-0.4, -0.2) is 27.5 Å². The van der Waals surface area contributed by atoms with Crippen molar-refractivity contribution in [2.45, 2.75) is 18.7 Å².